The fourth-order valence-electron chi connectivity index (χ4n) is 1.72. The molecule has 0 saturated carbocycles. The van der Waals surface area contributed by atoms with Gasteiger partial charge in [-0.05, 0) is 17.5 Å². The molecule has 1 aromatic rings. The smallest absolute Gasteiger partial charge is 0.411 e. The van der Waals surface area contributed by atoms with E-state index in [0.717, 1.165) is 5.56 Å². The second kappa shape index (κ2) is 9.76. The van der Waals surface area contributed by atoms with Gasteiger partial charge in [0, 0.05) is 19.5 Å². The van der Waals surface area contributed by atoms with Crippen molar-refractivity contribution in [2.75, 3.05) is 13.2 Å². The molecule has 0 radical (unpaired) electrons. The summed E-state index contributed by atoms with van der Waals surface area (Å²) in [5.74, 6) is -0.920. The van der Waals surface area contributed by atoms with Crippen molar-refractivity contribution in [1.82, 2.24) is 10.6 Å². The van der Waals surface area contributed by atoms with E-state index in [4.69, 9.17) is 5.11 Å². The normalized spacial score (nSPS) is 11.1. The van der Waals surface area contributed by atoms with Crippen LogP contribution in [0.15, 0.2) is 24.3 Å². The lowest BCUT2D eigenvalue weighted by Gasteiger charge is -2.09. The molecule has 134 valence electrons. The summed E-state index contributed by atoms with van der Waals surface area (Å²) in [6, 6.07) is 6.18. The minimum absolute atomic E-state index is 0.0157. The molecule has 9 heteroatoms. The minimum Gasteiger partial charge on any atom is -0.481 e. The molecule has 0 aliphatic heterocycles. The Labute approximate surface area is 137 Å². The SMILES string of the molecule is O=C(O)CCCNC(=O)NCc1ccc(COCC(F)(F)F)cc1. The van der Waals surface area contributed by atoms with Gasteiger partial charge in [-0.15, -0.1) is 0 Å². The molecule has 0 aliphatic carbocycles. The van der Waals surface area contributed by atoms with E-state index in [1.54, 1.807) is 24.3 Å². The van der Waals surface area contributed by atoms with Gasteiger partial charge < -0.3 is 20.5 Å². The number of hydrogen-bond acceptors (Lipinski definition) is 3. The van der Waals surface area contributed by atoms with Gasteiger partial charge in [0.1, 0.15) is 6.61 Å². The Morgan fingerprint density at radius 2 is 1.71 bits per heavy atom. The first kappa shape index (κ1) is 19.8. The monoisotopic (exact) mass is 348 g/mol. The first-order chi connectivity index (χ1) is 11.3. The van der Waals surface area contributed by atoms with E-state index in [0.29, 0.717) is 12.0 Å². The van der Waals surface area contributed by atoms with E-state index >= 15 is 0 Å². The molecule has 1 rings (SSSR count). The molecule has 0 atom stereocenters. The number of carboxylic acid groups (broad SMARTS) is 1. The summed E-state index contributed by atoms with van der Waals surface area (Å²) in [6.07, 6.45) is -4.02. The van der Waals surface area contributed by atoms with Crippen LogP contribution < -0.4 is 10.6 Å². The molecule has 0 spiro atoms. The topological polar surface area (TPSA) is 87.7 Å². The highest BCUT2D eigenvalue weighted by molar-refractivity contribution is 5.73. The minimum atomic E-state index is -4.35. The van der Waals surface area contributed by atoms with Crippen molar-refractivity contribution in [3.63, 3.8) is 0 Å². The van der Waals surface area contributed by atoms with Crippen LogP contribution in [0.2, 0.25) is 0 Å². The maximum Gasteiger partial charge on any atom is 0.411 e. The number of carbonyl (C=O) groups excluding carboxylic acids is 1. The number of carboxylic acids is 1. The lowest BCUT2D eigenvalue weighted by Crippen LogP contribution is -2.35. The van der Waals surface area contributed by atoms with Crippen LogP contribution in [0.25, 0.3) is 0 Å². The predicted molar refractivity (Wildman–Crippen MR) is 79.3 cm³/mol. The van der Waals surface area contributed by atoms with E-state index in [-0.39, 0.29) is 26.1 Å². The van der Waals surface area contributed by atoms with Crippen LogP contribution >= 0.6 is 0 Å². The van der Waals surface area contributed by atoms with Gasteiger partial charge in [0.2, 0.25) is 0 Å². The lowest BCUT2D eigenvalue weighted by atomic mass is 10.1. The number of hydrogen-bond donors (Lipinski definition) is 3. The molecule has 0 heterocycles. The summed E-state index contributed by atoms with van der Waals surface area (Å²) < 4.78 is 40.4. The van der Waals surface area contributed by atoms with Gasteiger partial charge in [-0.1, -0.05) is 24.3 Å². The summed E-state index contributed by atoms with van der Waals surface area (Å²) >= 11 is 0. The number of amides is 2. The molecule has 3 N–H and O–H groups in total. The van der Waals surface area contributed by atoms with Gasteiger partial charge in [-0.3, -0.25) is 4.79 Å². The zero-order valence-electron chi connectivity index (χ0n) is 12.9. The molecule has 2 amide bonds. The highest BCUT2D eigenvalue weighted by Gasteiger charge is 2.27. The number of benzene rings is 1. The molecule has 6 nitrogen and oxygen atoms in total. The summed E-state index contributed by atoms with van der Waals surface area (Å²) in [5, 5.41) is 13.6. The Kier molecular flexibility index (Phi) is 8.03. The molecule has 1 aromatic carbocycles. The quantitative estimate of drug-likeness (QED) is 0.598. The fourth-order valence-corrected chi connectivity index (χ4v) is 1.72. The van der Waals surface area contributed by atoms with Gasteiger partial charge in [0.05, 0.1) is 6.61 Å². The van der Waals surface area contributed by atoms with Crippen LogP contribution in [-0.4, -0.2) is 36.4 Å². The molecular weight excluding hydrogens is 329 g/mol. The summed E-state index contributed by atoms with van der Waals surface area (Å²) in [5.41, 5.74) is 1.37. The number of halogens is 3. The zero-order valence-corrected chi connectivity index (χ0v) is 12.9. The number of rotatable bonds is 9. The molecular formula is C15H19F3N2O4. The number of aliphatic carboxylic acids is 1. The van der Waals surface area contributed by atoms with Crippen molar-refractivity contribution >= 4 is 12.0 Å². The molecule has 0 aliphatic rings. The third-order valence-corrected chi connectivity index (χ3v) is 2.86. The number of urea groups is 1. The Bertz CT molecular complexity index is 533. The summed E-state index contributed by atoms with van der Waals surface area (Å²) in [4.78, 5) is 21.8. The van der Waals surface area contributed by atoms with Gasteiger partial charge in [-0.25, -0.2) is 4.79 Å². The second-order valence-electron chi connectivity index (χ2n) is 5.03. The average Bonchev–Trinajstić information content (AvgIpc) is 2.49. The van der Waals surface area contributed by atoms with Gasteiger partial charge in [0.25, 0.3) is 0 Å². The van der Waals surface area contributed by atoms with Crippen LogP contribution in [0, 0.1) is 0 Å². The Balaban J connectivity index is 2.24. The van der Waals surface area contributed by atoms with Gasteiger partial charge in [-0.2, -0.15) is 13.2 Å². The van der Waals surface area contributed by atoms with E-state index in [9.17, 15) is 22.8 Å². The maximum absolute atomic E-state index is 11.9. The van der Waals surface area contributed by atoms with Crippen LogP contribution in [0.3, 0.4) is 0 Å². The Hall–Kier alpha value is -2.29. The fraction of sp³-hybridized carbons (Fsp3) is 0.467. The Morgan fingerprint density at radius 3 is 2.29 bits per heavy atom. The molecule has 0 saturated heterocycles. The zero-order chi connectivity index (χ0) is 18.0. The third-order valence-electron chi connectivity index (χ3n) is 2.86. The largest absolute Gasteiger partial charge is 0.481 e. The van der Waals surface area contributed by atoms with Crippen molar-refractivity contribution < 1.29 is 32.6 Å². The van der Waals surface area contributed by atoms with E-state index in [2.05, 4.69) is 15.4 Å². The van der Waals surface area contributed by atoms with Crippen LogP contribution in [0.5, 0.6) is 0 Å². The molecule has 0 bridgehead atoms. The second-order valence-corrected chi connectivity index (χ2v) is 5.03. The van der Waals surface area contributed by atoms with Crippen molar-refractivity contribution in [2.45, 2.75) is 32.2 Å². The first-order valence-corrected chi connectivity index (χ1v) is 7.22. The van der Waals surface area contributed by atoms with E-state index in [1.165, 1.54) is 0 Å². The lowest BCUT2D eigenvalue weighted by molar-refractivity contribution is -0.176. The first-order valence-electron chi connectivity index (χ1n) is 7.22. The molecule has 0 aromatic heterocycles. The van der Waals surface area contributed by atoms with Crippen molar-refractivity contribution in [3.05, 3.63) is 35.4 Å². The number of carbonyl (C=O) groups is 2. The van der Waals surface area contributed by atoms with Crippen LogP contribution in [0.1, 0.15) is 24.0 Å². The van der Waals surface area contributed by atoms with Crippen molar-refractivity contribution in [2.24, 2.45) is 0 Å². The highest BCUT2D eigenvalue weighted by atomic mass is 19.4. The van der Waals surface area contributed by atoms with E-state index < -0.39 is 24.8 Å². The third kappa shape index (κ3) is 9.67. The van der Waals surface area contributed by atoms with Crippen LogP contribution in [-0.2, 0) is 22.7 Å². The van der Waals surface area contributed by atoms with Crippen molar-refractivity contribution in [1.29, 1.82) is 0 Å². The summed E-state index contributed by atoms with van der Waals surface area (Å²) in [7, 11) is 0. The molecule has 0 fully saturated rings. The maximum atomic E-state index is 11.9. The number of ether oxygens (including phenoxy) is 1. The molecule has 24 heavy (non-hydrogen) atoms. The van der Waals surface area contributed by atoms with Gasteiger partial charge >= 0.3 is 18.2 Å². The highest BCUT2D eigenvalue weighted by Crippen LogP contribution is 2.15. The predicted octanol–water partition coefficient (Wildman–Crippen LogP) is 2.43. The molecule has 0 unspecified atom stereocenters. The summed E-state index contributed by atoms with van der Waals surface area (Å²) in [6.45, 7) is -0.933. The average molecular weight is 348 g/mol. The number of nitrogens with one attached hydrogen (secondary N) is 2. The Morgan fingerprint density at radius 1 is 1.08 bits per heavy atom. The number of alkyl halides is 3. The standard InChI is InChI=1S/C15H19F3N2O4/c16-15(17,18)10-24-9-12-5-3-11(4-6-12)8-20-14(23)19-7-1-2-13(21)22/h3-6H,1-2,7-10H2,(H,21,22)(H2,19,20,23). The van der Waals surface area contributed by atoms with Gasteiger partial charge in [0.15, 0.2) is 0 Å². The van der Waals surface area contributed by atoms with Crippen LogP contribution in [0.4, 0.5) is 18.0 Å². The van der Waals surface area contributed by atoms with Crippen molar-refractivity contribution in [3.8, 4) is 0 Å². The van der Waals surface area contributed by atoms with E-state index in [1.807, 2.05) is 0 Å².